The largest absolute Gasteiger partial charge is 0.497 e. The Balaban J connectivity index is 1.72. The molecule has 0 aliphatic heterocycles. The third-order valence-electron chi connectivity index (χ3n) is 9.03. The molecule has 2 fully saturated rings. The Morgan fingerprint density at radius 2 is 1.68 bits per heavy atom. The van der Waals surface area contributed by atoms with Crippen LogP contribution < -0.4 is 10.1 Å². The second-order valence-electron chi connectivity index (χ2n) is 11.2. The summed E-state index contributed by atoms with van der Waals surface area (Å²) in [5.74, 6) is 0.282. The minimum absolute atomic E-state index is 0.00261. The smallest absolute Gasteiger partial charge is 0.251 e. The molecule has 2 aliphatic rings. The van der Waals surface area contributed by atoms with Gasteiger partial charge in [0.1, 0.15) is 5.75 Å². The Hall–Kier alpha value is -2.16. The molecule has 1 unspecified atom stereocenters. The molecule has 1 aromatic rings. The average Bonchev–Trinajstić information content (AvgIpc) is 2.90. The molecule has 2 amide bonds. The SMILES string of the molecule is COCCN(CCOC)C(=O)[C@@H](C)C1CC[C@@]2(C)CC[C@H](NC(=O)c3ccc(OC)cc3)[C@@H](C)[C@@H]2[C@H]1O. The number of hydrogen-bond acceptors (Lipinski definition) is 6. The van der Waals surface area contributed by atoms with Crippen molar-refractivity contribution in [2.24, 2.45) is 29.1 Å². The van der Waals surface area contributed by atoms with Gasteiger partial charge in [0.05, 0.1) is 26.4 Å². The highest BCUT2D eigenvalue weighted by atomic mass is 16.5. The number of amides is 2. The van der Waals surface area contributed by atoms with Crippen molar-refractivity contribution >= 4 is 11.8 Å². The minimum Gasteiger partial charge on any atom is -0.497 e. The quantitative estimate of drug-likeness (QED) is 0.466. The number of methoxy groups -OCH3 is 3. The molecule has 0 spiro atoms. The fourth-order valence-corrected chi connectivity index (χ4v) is 6.70. The topological polar surface area (TPSA) is 97.3 Å². The molecule has 8 heteroatoms. The van der Waals surface area contributed by atoms with Crippen LogP contribution in [0.2, 0.25) is 0 Å². The molecule has 0 aromatic heterocycles. The summed E-state index contributed by atoms with van der Waals surface area (Å²) in [7, 11) is 4.86. The van der Waals surface area contributed by atoms with Crippen LogP contribution in [-0.4, -0.2) is 81.6 Å². The van der Waals surface area contributed by atoms with Crippen molar-refractivity contribution in [2.45, 2.75) is 58.6 Å². The van der Waals surface area contributed by atoms with Gasteiger partial charge >= 0.3 is 0 Å². The van der Waals surface area contributed by atoms with E-state index in [1.807, 2.05) is 6.92 Å². The van der Waals surface area contributed by atoms with Crippen molar-refractivity contribution in [1.29, 1.82) is 0 Å². The zero-order chi connectivity index (χ0) is 27.2. The van der Waals surface area contributed by atoms with E-state index in [-0.39, 0.29) is 46.9 Å². The summed E-state index contributed by atoms with van der Waals surface area (Å²) in [6.07, 6.45) is 3.00. The number of benzene rings is 1. The zero-order valence-electron chi connectivity index (χ0n) is 23.4. The standard InChI is InChI=1S/C29H46N2O6/c1-19(28(34)31(15-17-35-4)16-18-36-5)23-11-13-29(3)14-12-24(20(2)25(29)26(23)32)30-27(33)21-7-9-22(37-6)10-8-21/h7-10,19-20,23-26,32H,11-18H2,1-6H3,(H,30,33)/t19-,20+,23?,24-,25+,26-,29-/m0/s1. The normalized spacial score (nSPS) is 30.2. The maximum Gasteiger partial charge on any atom is 0.251 e. The van der Waals surface area contributed by atoms with Crippen molar-refractivity contribution in [1.82, 2.24) is 10.2 Å². The fraction of sp³-hybridized carbons (Fsp3) is 0.724. The van der Waals surface area contributed by atoms with Gasteiger partial charge in [-0.25, -0.2) is 0 Å². The van der Waals surface area contributed by atoms with E-state index in [9.17, 15) is 14.7 Å². The van der Waals surface area contributed by atoms with Crippen LogP contribution in [0.5, 0.6) is 5.75 Å². The van der Waals surface area contributed by atoms with Crippen LogP contribution in [0.4, 0.5) is 0 Å². The molecule has 2 N–H and O–H groups in total. The molecule has 7 atom stereocenters. The lowest BCUT2D eigenvalue weighted by Crippen LogP contribution is -2.58. The van der Waals surface area contributed by atoms with Gasteiger partial charge in [0, 0.05) is 44.8 Å². The van der Waals surface area contributed by atoms with Gasteiger partial charge in [-0.3, -0.25) is 9.59 Å². The molecule has 8 nitrogen and oxygen atoms in total. The summed E-state index contributed by atoms with van der Waals surface area (Å²) in [6.45, 7) is 8.28. The van der Waals surface area contributed by atoms with Crippen molar-refractivity contribution in [3.05, 3.63) is 29.8 Å². The number of hydrogen-bond donors (Lipinski definition) is 2. The van der Waals surface area contributed by atoms with Gasteiger partial charge in [-0.2, -0.15) is 0 Å². The predicted octanol–water partition coefficient (Wildman–Crippen LogP) is 3.37. The van der Waals surface area contributed by atoms with E-state index in [0.717, 1.165) is 25.7 Å². The third-order valence-corrected chi connectivity index (χ3v) is 9.03. The number of aliphatic hydroxyl groups is 1. The molecule has 1 aromatic carbocycles. The van der Waals surface area contributed by atoms with E-state index in [1.54, 1.807) is 50.5 Å². The molecule has 2 saturated carbocycles. The first-order valence-electron chi connectivity index (χ1n) is 13.6. The third kappa shape index (κ3) is 6.65. The van der Waals surface area contributed by atoms with Crippen LogP contribution in [0.25, 0.3) is 0 Å². The summed E-state index contributed by atoms with van der Waals surface area (Å²) >= 11 is 0. The molecule has 0 bridgehead atoms. The van der Waals surface area contributed by atoms with Gasteiger partial charge in [0.25, 0.3) is 5.91 Å². The van der Waals surface area contributed by atoms with Crippen LogP contribution in [0.1, 0.15) is 56.8 Å². The van der Waals surface area contributed by atoms with Crippen LogP contribution in [-0.2, 0) is 14.3 Å². The van der Waals surface area contributed by atoms with Crippen molar-refractivity contribution in [3.8, 4) is 5.75 Å². The van der Waals surface area contributed by atoms with Crippen LogP contribution in [0, 0.1) is 29.1 Å². The molecule has 208 valence electrons. The molecule has 2 aliphatic carbocycles. The molecule has 3 rings (SSSR count). The van der Waals surface area contributed by atoms with Gasteiger partial charge in [0.15, 0.2) is 0 Å². The summed E-state index contributed by atoms with van der Waals surface area (Å²) in [6, 6.07) is 7.07. The summed E-state index contributed by atoms with van der Waals surface area (Å²) in [4.78, 5) is 28.3. The maximum absolute atomic E-state index is 13.5. The van der Waals surface area contributed by atoms with Gasteiger partial charge in [-0.15, -0.1) is 0 Å². The average molecular weight is 519 g/mol. The van der Waals surface area contributed by atoms with Crippen LogP contribution in [0.15, 0.2) is 24.3 Å². The molecule has 0 heterocycles. The Kier molecular flexibility index (Phi) is 10.4. The summed E-state index contributed by atoms with van der Waals surface area (Å²) < 4.78 is 15.6. The highest BCUT2D eigenvalue weighted by Gasteiger charge is 2.54. The molecule has 0 saturated heterocycles. The van der Waals surface area contributed by atoms with Crippen molar-refractivity contribution in [2.75, 3.05) is 47.6 Å². The second-order valence-corrected chi connectivity index (χ2v) is 11.2. The van der Waals surface area contributed by atoms with Gasteiger partial charge in [-0.1, -0.05) is 20.8 Å². The first kappa shape index (κ1) is 29.4. The summed E-state index contributed by atoms with van der Waals surface area (Å²) in [5.41, 5.74) is 0.584. The Labute approximate surface area is 222 Å². The number of nitrogens with zero attached hydrogens (tertiary/aromatic N) is 1. The lowest BCUT2D eigenvalue weighted by molar-refractivity contribution is -0.151. The fourth-order valence-electron chi connectivity index (χ4n) is 6.70. The number of fused-ring (bicyclic) bond motifs is 1. The number of nitrogens with one attached hydrogen (secondary N) is 1. The molecular formula is C29H46N2O6. The van der Waals surface area contributed by atoms with Gasteiger partial charge in [0.2, 0.25) is 5.91 Å². The van der Waals surface area contributed by atoms with Crippen LogP contribution >= 0.6 is 0 Å². The first-order chi connectivity index (χ1) is 17.7. The van der Waals surface area contributed by atoms with E-state index in [2.05, 4.69) is 19.2 Å². The van der Waals surface area contributed by atoms with E-state index >= 15 is 0 Å². The van der Waals surface area contributed by atoms with Gasteiger partial charge < -0.3 is 29.5 Å². The number of rotatable bonds is 11. The highest BCUT2D eigenvalue weighted by Crippen LogP contribution is 2.55. The number of aliphatic hydroxyl groups excluding tert-OH is 1. The lowest BCUT2D eigenvalue weighted by Gasteiger charge is -2.56. The van der Waals surface area contributed by atoms with E-state index in [4.69, 9.17) is 14.2 Å². The Morgan fingerprint density at radius 3 is 2.24 bits per heavy atom. The molecule has 37 heavy (non-hydrogen) atoms. The van der Waals surface area contributed by atoms with Crippen molar-refractivity contribution in [3.63, 3.8) is 0 Å². The Bertz CT molecular complexity index is 885. The van der Waals surface area contributed by atoms with E-state index in [1.165, 1.54) is 0 Å². The van der Waals surface area contributed by atoms with Crippen LogP contribution in [0.3, 0.4) is 0 Å². The lowest BCUT2D eigenvalue weighted by atomic mass is 9.51. The maximum atomic E-state index is 13.5. The number of carbonyl (C=O) groups is 2. The monoisotopic (exact) mass is 518 g/mol. The van der Waals surface area contributed by atoms with E-state index in [0.29, 0.717) is 37.6 Å². The summed E-state index contributed by atoms with van der Waals surface area (Å²) in [5, 5.41) is 15.0. The molecular weight excluding hydrogens is 472 g/mol. The number of carbonyl (C=O) groups excluding carboxylic acids is 2. The Morgan fingerprint density at radius 1 is 1.08 bits per heavy atom. The van der Waals surface area contributed by atoms with Crippen molar-refractivity contribution < 1.29 is 28.9 Å². The van der Waals surface area contributed by atoms with E-state index < -0.39 is 6.10 Å². The second kappa shape index (κ2) is 13.1. The first-order valence-corrected chi connectivity index (χ1v) is 13.6. The predicted molar refractivity (Wildman–Crippen MR) is 142 cm³/mol. The highest BCUT2D eigenvalue weighted by molar-refractivity contribution is 5.94. The number of ether oxygens (including phenoxy) is 3. The van der Waals surface area contributed by atoms with Gasteiger partial charge in [-0.05, 0) is 73.1 Å². The minimum atomic E-state index is -0.611. The zero-order valence-corrected chi connectivity index (χ0v) is 23.4. The molecule has 0 radical (unpaired) electrons.